The lowest BCUT2D eigenvalue weighted by Crippen LogP contribution is -2.30. The van der Waals surface area contributed by atoms with Crippen molar-refractivity contribution in [1.29, 1.82) is 0 Å². The first-order chi connectivity index (χ1) is 8.47. The normalized spacial score (nSPS) is 25.1. The van der Waals surface area contributed by atoms with Gasteiger partial charge in [-0.2, -0.15) is 24.5 Å². The SMILES string of the molecule is O=C(Cc1ccsc1)C1CCC(C(F)(F)F)CC1. The second-order valence-electron chi connectivity index (χ2n) is 4.86. The van der Waals surface area contributed by atoms with E-state index in [1.54, 1.807) is 0 Å². The Morgan fingerprint density at radius 2 is 1.94 bits per heavy atom. The average Bonchev–Trinajstić information content (AvgIpc) is 2.81. The van der Waals surface area contributed by atoms with E-state index in [0.717, 1.165) is 5.56 Å². The van der Waals surface area contributed by atoms with E-state index in [1.165, 1.54) is 11.3 Å². The molecule has 1 aliphatic rings. The quantitative estimate of drug-likeness (QED) is 0.807. The second-order valence-corrected chi connectivity index (χ2v) is 5.64. The molecule has 1 aromatic heterocycles. The summed E-state index contributed by atoms with van der Waals surface area (Å²) in [5.74, 6) is -1.29. The van der Waals surface area contributed by atoms with Crippen molar-refractivity contribution in [2.24, 2.45) is 11.8 Å². The van der Waals surface area contributed by atoms with Crippen molar-refractivity contribution in [3.05, 3.63) is 22.4 Å². The molecule has 0 aromatic carbocycles. The van der Waals surface area contributed by atoms with Gasteiger partial charge in [-0.3, -0.25) is 4.79 Å². The van der Waals surface area contributed by atoms with Crippen LogP contribution in [0.4, 0.5) is 13.2 Å². The highest BCUT2D eigenvalue weighted by atomic mass is 32.1. The molecule has 0 aliphatic heterocycles. The summed E-state index contributed by atoms with van der Waals surface area (Å²) in [4.78, 5) is 11.9. The monoisotopic (exact) mass is 276 g/mol. The van der Waals surface area contributed by atoms with Gasteiger partial charge >= 0.3 is 6.18 Å². The predicted octanol–water partition coefficient (Wildman–Crippen LogP) is 4.23. The molecule has 0 spiro atoms. The Bertz CT molecular complexity index is 389. The maximum absolute atomic E-state index is 12.5. The zero-order chi connectivity index (χ0) is 13.2. The summed E-state index contributed by atoms with van der Waals surface area (Å²) in [7, 11) is 0. The van der Waals surface area contributed by atoms with Crippen molar-refractivity contribution in [3.63, 3.8) is 0 Å². The summed E-state index contributed by atoms with van der Waals surface area (Å²) in [5, 5.41) is 3.82. The van der Waals surface area contributed by atoms with Crippen LogP contribution in [0.3, 0.4) is 0 Å². The van der Waals surface area contributed by atoms with Gasteiger partial charge in [0.1, 0.15) is 5.78 Å². The molecule has 0 unspecified atom stereocenters. The van der Waals surface area contributed by atoms with E-state index in [-0.39, 0.29) is 24.5 Å². The van der Waals surface area contributed by atoms with Crippen molar-refractivity contribution in [3.8, 4) is 0 Å². The van der Waals surface area contributed by atoms with Gasteiger partial charge in [-0.15, -0.1) is 0 Å². The molecule has 1 aliphatic carbocycles. The van der Waals surface area contributed by atoms with Crippen molar-refractivity contribution in [2.75, 3.05) is 0 Å². The van der Waals surface area contributed by atoms with Gasteiger partial charge in [-0.1, -0.05) is 0 Å². The van der Waals surface area contributed by atoms with E-state index in [0.29, 0.717) is 19.3 Å². The number of ketones is 1. The van der Waals surface area contributed by atoms with Crippen LogP contribution < -0.4 is 0 Å². The van der Waals surface area contributed by atoms with E-state index >= 15 is 0 Å². The average molecular weight is 276 g/mol. The molecule has 18 heavy (non-hydrogen) atoms. The minimum atomic E-state index is -4.10. The molecule has 2 rings (SSSR count). The first-order valence-corrected chi connectivity index (χ1v) is 7.01. The van der Waals surface area contributed by atoms with Gasteiger partial charge in [-0.25, -0.2) is 0 Å². The van der Waals surface area contributed by atoms with Crippen LogP contribution in [-0.2, 0) is 11.2 Å². The molecule has 1 aromatic rings. The van der Waals surface area contributed by atoms with Gasteiger partial charge in [0.2, 0.25) is 0 Å². The van der Waals surface area contributed by atoms with Gasteiger partial charge in [0.25, 0.3) is 0 Å². The van der Waals surface area contributed by atoms with Crippen LogP contribution in [0.25, 0.3) is 0 Å². The summed E-state index contributed by atoms with van der Waals surface area (Å²) >= 11 is 1.53. The summed E-state index contributed by atoms with van der Waals surface area (Å²) in [6, 6.07) is 1.89. The summed E-state index contributed by atoms with van der Waals surface area (Å²) < 4.78 is 37.5. The molecule has 1 saturated carbocycles. The Balaban J connectivity index is 1.84. The molecule has 0 atom stereocenters. The second kappa shape index (κ2) is 5.43. The van der Waals surface area contributed by atoms with Crippen LogP contribution in [-0.4, -0.2) is 12.0 Å². The molecule has 5 heteroatoms. The van der Waals surface area contributed by atoms with Crippen molar-refractivity contribution in [2.45, 2.75) is 38.3 Å². The third-order valence-electron chi connectivity index (χ3n) is 3.60. The Hall–Kier alpha value is -0.840. The number of Topliss-reactive ketones (excluding diaryl/α,β-unsaturated/α-hetero) is 1. The maximum Gasteiger partial charge on any atom is 0.391 e. The Morgan fingerprint density at radius 3 is 2.44 bits per heavy atom. The minimum Gasteiger partial charge on any atom is -0.299 e. The molecule has 0 bridgehead atoms. The van der Waals surface area contributed by atoms with Crippen LogP contribution in [0, 0.1) is 11.8 Å². The smallest absolute Gasteiger partial charge is 0.299 e. The maximum atomic E-state index is 12.5. The van der Waals surface area contributed by atoms with Crippen LogP contribution in [0.15, 0.2) is 16.8 Å². The third-order valence-corrected chi connectivity index (χ3v) is 4.34. The van der Waals surface area contributed by atoms with Gasteiger partial charge in [-0.05, 0) is 48.1 Å². The van der Waals surface area contributed by atoms with Crippen molar-refractivity contribution >= 4 is 17.1 Å². The van der Waals surface area contributed by atoms with Gasteiger partial charge < -0.3 is 0 Å². The van der Waals surface area contributed by atoms with Gasteiger partial charge in [0, 0.05) is 12.3 Å². The molecular weight excluding hydrogens is 261 g/mol. The van der Waals surface area contributed by atoms with E-state index in [9.17, 15) is 18.0 Å². The first kappa shape index (κ1) is 13.6. The van der Waals surface area contributed by atoms with E-state index in [1.807, 2.05) is 16.8 Å². The highest BCUT2D eigenvalue weighted by Crippen LogP contribution is 2.39. The molecule has 100 valence electrons. The fourth-order valence-electron chi connectivity index (χ4n) is 2.48. The number of carbonyl (C=O) groups is 1. The Labute approximate surface area is 108 Å². The number of alkyl halides is 3. The van der Waals surface area contributed by atoms with Gasteiger partial charge in [0.15, 0.2) is 0 Å². The lowest BCUT2D eigenvalue weighted by Gasteiger charge is -2.29. The number of thiophene rings is 1. The van der Waals surface area contributed by atoms with Crippen LogP contribution >= 0.6 is 11.3 Å². The minimum absolute atomic E-state index is 0.0917. The highest BCUT2D eigenvalue weighted by Gasteiger charge is 2.42. The number of rotatable bonds is 3. The lowest BCUT2D eigenvalue weighted by molar-refractivity contribution is -0.184. The molecule has 1 heterocycles. The molecular formula is C13H15F3OS. The largest absolute Gasteiger partial charge is 0.391 e. The van der Waals surface area contributed by atoms with Crippen LogP contribution in [0.2, 0.25) is 0 Å². The molecule has 1 nitrogen and oxygen atoms in total. The van der Waals surface area contributed by atoms with E-state index < -0.39 is 12.1 Å². The van der Waals surface area contributed by atoms with E-state index in [4.69, 9.17) is 0 Å². The molecule has 0 radical (unpaired) electrons. The summed E-state index contributed by atoms with van der Waals surface area (Å²) in [5.41, 5.74) is 0.975. The van der Waals surface area contributed by atoms with Crippen molar-refractivity contribution in [1.82, 2.24) is 0 Å². The summed E-state index contributed by atoms with van der Waals surface area (Å²) in [6.45, 7) is 0. The number of hydrogen-bond acceptors (Lipinski definition) is 2. The number of carbonyl (C=O) groups excluding carboxylic acids is 1. The molecule has 0 amide bonds. The first-order valence-electron chi connectivity index (χ1n) is 6.07. The fraction of sp³-hybridized carbons (Fsp3) is 0.615. The Morgan fingerprint density at radius 1 is 1.28 bits per heavy atom. The highest BCUT2D eigenvalue weighted by molar-refractivity contribution is 7.07. The predicted molar refractivity (Wildman–Crippen MR) is 64.5 cm³/mol. The van der Waals surface area contributed by atoms with Crippen LogP contribution in [0.5, 0.6) is 0 Å². The number of hydrogen-bond donors (Lipinski definition) is 0. The number of halogens is 3. The molecule has 1 fully saturated rings. The summed E-state index contributed by atoms with van der Waals surface area (Å²) in [6.07, 6.45) is -2.76. The van der Waals surface area contributed by atoms with Gasteiger partial charge in [0.05, 0.1) is 5.92 Å². The molecule has 0 N–H and O–H groups in total. The fourth-order valence-corrected chi connectivity index (χ4v) is 3.15. The zero-order valence-electron chi connectivity index (χ0n) is 9.87. The topological polar surface area (TPSA) is 17.1 Å². The standard InChI is InChI=1S/C13H15F3OS/c14-13(15,16)11-3-1-10(2-4-11)12(17)7-9-5-6-18-8-9/h5-6,8,10-11H,1-4,7H2. The Kier molecular flexibility index (Phi) is 4.10. The zero-order valence-corrected chi connectivity index (χ0v) is 10.7. The third kappa shape index (κ3) is 3.34. The van der Waals surface area contributed by atoms with Crippen LogP contribution in [0.1, 0.15) is 31.2 Å². The van der Waals surface area contributed by atoms with E-state index in [2.05, 4.69) is 0 Å². The van der Waals surface area contributed by atoms with Crippen molar-refractivity contribution < 1.29 is 18.0 Å². The lowest BCUT2D eigenvalue weighted by atomic mass is 9.79. The molecule has 0 saturated heterocycles.